The highest BCUT2D eigenvalue weighted by Crippen LogP contribution is 1.98. The number of rotatable bonds is 5. The van der Waals surface area contributed by atoms with E-state index in [9.17, 15) is 14.7 Å². The first-order valence-electron chi connectivity index (χ1n) is 5.31. The van der Waals surface area contributed by atoms with E-state index in [1.54, 1.807) is 0 Å². The maximum absolute atomic E-state index is 11.4. The monoisotopic (exact) mass is 232 g/mol. The number of aliphatic carboxylic acids is 1. The van der Waals surface area contributed by atoms with Crippen molar-refractivity contribution < 1.29 is 14.7 Å². The topological polar surface area (TPSA) is 69.2 Å². The van der Waals surface area contributed by atoms with Crippen LogP contribution in [-0.4, -0.2) is 18.4 Å². The second kappa shape index (κ2) is 6.48. The Kier molecular flexibility index (Phi) is 4.94. The molecule has 1 aromatic carbocycles. The quantitative estimate of drug-likeness (QED) is 0.729. The van der Waals surface area contributed by atoms with E-state index in [2.05, 4.69) is 5.32 Å². The molecule has 1 rings (SSSR count). The standard InChI is InChI=1S/C13H15NO3/c1-10(9-12(15)16)13(17)14-8-7-11-5-3-2-4-6-11/h2-6,9H,7-8H2,1H3,(H,14,17)(H,15,16)/p-1. The van der Waals surface area contributed by atoms with E-state index in [0.717, 1.165) is 11.6 Å². The van der Waals surface area contributed by atoms with Crippen LogP contribution in [0.15, 0.2) is 42.0 Å². The number of nitrogens with one attached hydrogen (secondary N) is 1. The van der Waals surface area contributed by atoms with Crippen LogP contribution in [0.1, 0.15) is 12.5 Å². The summed E-state index contributed by atoms with van der Waals surface area (Å²) in [5.41, 5.74) is 1.26. The normalized spacial score (nSPS) is 11.0. The predicted molar refractivity (Wildman–Crippen MR) is 61.9 cm³/mol. The largest absolute Gasteiger partial charge is 0.545 e. The lowest BCUT2D eigenvalue weighted by atomic mass is 10.1. The van der Waals surface area contributed by atoms with E-state index < -0.39 is 5.97 Å². The smallest absolute Gasteiger partial charge is 0.246 e. The van der Waals surface area contributed by atoms with Gasteiger partial charge in [-0.25, -0.2) is 0 Å². The molecule has 1 aromatic rings. The van der Waals surface area contributed by atoms with E-state index in [1.165, 1.54) is 6.92 Å². The fraction of sp³-hybridized carbons (Fsp3) is 0.231. The molecule has 0 aliphatic heterocycles. The second-order valence-corrected chi connectivity index (χ2v) is 3.64. The zero-order valence-electron chi connectivity index (χ0n) is 9.60. The molecule has 0 radical (unpaired) electrons. The van der Waals surface area contributed by atoms with Crippen LogP contribution in [0, 0.1) is 0 Å². The van der Waals surface area contributed by atoms with E-state index in [-0.39, 0.29) is 11.5 Å². The molecule has 0 aliphatic carbocycles. The second-order valence-electron chi connectivity index (χ2n) is 3.64. The summed E-state index contributed by atoms with van der Waals surface area (Å²) in [7, 11) is 0. The Labute approximate surface area is 100.0 Å². The lowest BCUT2D eigenvalue weighted by molar-refractivity contribution is -0.297. The van der Waals surface area contributed by atoms with Gasteiger partial charge in [0.2, 0.25) is 5.91 Å². The van der Waals surface area contributed by atoms with E-state index in [1.807, 2.05) is 30.3 Å². The van der Waals surface area contributed by atoms with Crippen molar-refractivity contribution in [1.82, 2.24) is 5.32 Å². The van der Waals surface area contributed by atoms with E-state index in [4.69, 9.17) is 0 Å². The molecule has 0 atom stereocenters. The number of hydrogen-bond acceptors (Lipinski definition) is 3. The van der Waals surface area contributed by atoms with Crippen molar-refractivity contribution in [1.29, 1.82) is 0 Å². The highest BCUT2D eigenvalue weighted by molar-refractivity contribution is 5.97. The van der Waals surface area contributed by atoms with Crippen LogP contribution >= 0.6 is 0 Å². The number of carboxylic acids is 1. The third kappa shape index (κ3) is 4.97. The highest BCUT2D eigenvalue weighted by atomic mass is 16.4. The fourth-order valence-corrected chi connectivity index (χ4v) is 1.35. The van der Waals surface area contributed by atoms with Crippen molar-refractivity contribution >= 4 is 11.9 Å². The molecule has 0 aromatic heterocycles. The molecule has 0 saturated heterocycles. The van der Waals surface area contributed by atoms with Crippen molar-refractivity contribution in [2.45, 2.75) is 13.3 Å². The summed E-state index contributed by atoms with van der Waals surface area (Å²) < 4.78 is 0. The molecule has 0 heterocycles. The van der Waals surface area contributed by atoms with Gasteiger partial charge in [0, 0.05) is 12.1 Å². The molecule has 0 bridgehead atoms. The Hall–Kier alpha value is -2.10. The molecule has 1 N–H and O–H groups in total. The lowest BCUT2D eigenvalue weighted by Gasteiger charge is -2.05. The zero-order chi connectivity index (χ0) is 12.7. The van der Waals surface area contributed by atoms with Crippen LogP contribution in [0.4, 0.5) is 0 Å². The maximum atomic E-state index is 11.4. The van der Waals surface area contributed by atoms with Gasteiger partial charge in [-0.05, 0) is 25.0 Å². The van der Waals surface area contributed by atoms with E-state index in [0.29, 0.717) is 13.0 Å². The van der Waals surface area contributed by atoms with Gasteiger partial charge in [-0.2, -0.15) is 0 Å². The first-order valence-corrected chi connectivity index (χ1v) is 5.31. The molecule has 17 heavy (non-hydrogen) atoms. The first-order chi connectivity index (χ1) is 8.09. The third-order valence-corrected chi connectivity index (χ3v) is 2.23. The van der Waals surface area contributed by atoms with Gasteiger partial charge >= 0.3 is 0 Å². The minimum atomic E-state index is -1.36. The summed E-state index contributed by atoms with van der Waals surface area (Å²) in [5.74, 6) is -1.74. The van der Waals surface area contributed by atoms with Crippen molar-refractivity contribution in [3.63, 3.8) is 0 Å². The van der Waals surface area contributed by atoms with Gasteiger partial charge in [-0.1, -0.05) is 30.3 Å². The van der Waals surface area contributed by atoms with Crippen molar-refractivity contribution in [3.05, 3.63) is 47.5 Å². The Morgan fingerprint density at radius 3 is 2.53 bits per heavy atom. The van der Waals surface area contributed by atoms with Crippen LogP contribution in [0.5, 0.6) is 0 Å². The molecule has 0 saturated carbocycles. The Balaban J connectivity index is 2.37. The lowest BCUT2D eigenvalue weighted by Crippen LogP contribution is -2.28. The van der Waals surface area contributed by atoms with Crippen LogP contribution < -0.4 is 10.4 Å². The molecular formula is C13H14NO3-. The van der Waals surface area contributed by atoms with Gasteiger partial charge < -0.3 is 15.2 Å². The summed E-state index contributed by atoms with van der Waals surface area (Å²) in [6.45, 7) is 1.91. The van der Waals surface area contributed by atoms with E-state index >= 15 is 0 Å². The molecule has 0 fully saturated rings. The number of carbonyl (C=O) groups excluding carboxylic acids is 2. The molecule has 90 valence electrons. The van der Waals surface area contributed by atoms with Crippen LogP contribution in [-0.2, 0) is 16.0 Å². The first kappa shape index (κ1) is 13.0. The zero-order valence-corrected chi connectivity index (χ0v) is 9.60. The Morgan fingerprint density at radius 1 is 1.29 bits per heavy atom. The third-order valence-electron chi connectivity index (χ3n) is 2.23. The molecule has 1 amide bonds. The predicted octanol–water partition coefficient (Wildman–Crippen LogP) is 0.0415. The summed E-state index contributed by atoms with van der Waals surface area (Å²) in [5, 5.41) is 12.9. The van der Waals surface area contributed by atoms with Gasteiger partial charge in [-0.15, -0.1) is 0 Å². The van der Waals surface area contributed by atoms with Crippen LogP contribution in [0.2, 0.25) is 0 Å². The summed E-state index contributed by atoms with van der Waals surface area (Å²) >= 11 is 0. The van der Waals surface area contributed by atoms with Crippen molar-refractivity contribution in [2.24, 2.45) is 0 Å². The number of benzene rings is 1. The van der Waals surface area contributed by atoms with Crippen molar-refractivity contribution in [2.75, 3.05) is 6.54 Å². The average molecular weight is 232 g/mol. The number of hydrogen-bond donors (Lipinski definition) is 1. The number of carbonyl (C=O) groups is 2. The highest BCUT2D eigenvalue weighted by Gasteiger charge is 2.02. The fourth-order valence-electron chi connectivity index (χ4n) is 1.35. The van der Waals surface area contributed by atoms with Crippen LogP contribution in [0.3, 0.4) is 0 Å². The van der Waals surface area contributed by atoms with Crippen LogP contribution in [0.25, 0.3) is 0 Å². The summed E-state index contributed by atoms with van der Waals surface area (Å²) in [4.78, 5) is 21.6. The van der Waals surface area contributed by atoms with Gasteiger partial charge in [0.15, 0.2) is 0 Å². The number of amides is 1. The minimum Gasteiger partial charge on any atom is -0.545 e. The summed E-state index contributed by atoms with van der Waals surface area (Å²) in [6, 6.07) is 9.72. The molecule has 0 spiro atoms. The molecule has 4 heteroatoms. The summed E-state index contributed by atoms with van der Waals surface area (Å²) in [6.07, 6.45) is 1.50. The molecule has 4 nitrogen and oxygen atoms in total. The number of carboxylic acid groups (broad SMARTS) is 1. The van der Waals surface area contributed by atoms with Gasteiger partial charge in [0.05, 0.1) is 5.97 Å². The van der Waals surface area contributed by atoms with Gasteiger partial charge in [0.25, 0.3) is 0 Å². The Morgan fingerprint density at radius 2 is 1.94 bits per heavy atom. The molecular weight excluding hydrogens is 218 g/mol. The maximum Gasteiger partial charge on any atom is 0.246 e. The SMILES string of the molecule is CC(=CC(=O)[O-])C(=O)NCCc1ccccc1. The molecule has 0 aliphatic rings. The molecule has 0 unspecified atom stereocenters. The Bertz CT molecular complexity index is 424. The van der Waals surface area contributed by atoms with Crippen molar-refractivity contribution in [3.8, 4) is 0 Å². The van der Waals surface area contributed by atoms with Gasteiger partial charge in [0.1, 0.15) is 0 Å². The van der Waals surface area contributed by atoms with Gasteiger partial charge in [-0.3, -0.25) is 4.79 Å². The average Bonchev–Trinajstić information content (AvgIpc) is 2.29. The minimum absolute atomic E-state index is 0.137.